The smallest absolute Gasteiger partial charge is 0.327 e. The lowest BCUT2D eigenvalue weighted by Gasteiger charge is -2.18. The third-order valence-corrected chi connectivity index (χ3v) is 2.82. The zero-order chi connectivity index (χ0) is 11.5. The van der Waals surface area contributed by atoms with Crippen LogP contribution >= 0.6 is 0 Å². The minimum atomic E-state index is -0.431. The Morgan fingerprint density at radius 3 is 3.31 bits per heavy atom. The van der Waals surface area contributed by atoms with Crippen molar-refractivity contribution in [3.05, 3.63) is 17.5 Å². The number of esters is 1. The van der Waals surface area contributed by atoms with Crippen molar-refractivity contribution in [1.82, 2.24) is 9.78 Å². The number of carbonyl (C=O) groups is 1. The van der Waals surface area contributed by atoms with Gasteiger partial charge in [0.25, 0.3) is 0 Å². The van der Waals surface area contributed by atoms with Gasteiger partial charge in [0.15, 0.2) is 0 Å². The van der Waals surface area contributed by atoms with E-state index in [4.69, 9.17) is 4.74 Å². The van der Waals surface area contributed by atoms with E-state index in [0.717, 1.165) is 30.5 Å². The molecule has 0 aliphatic heterocycles. The molecule has 0 spiro atoms. The van der Waals surface area contributed by atoms with Crippen LogP contribution in [0.25, 0.3) is 0 Å². The first-order valence-corrected chi connectivity index (χ1v) is 5.60. The molecule has 1 aromatic rings. The fourth-order valence-electron chi connectivity index (χ4n) is 2.06. The Kier molecular flexibility index (Phi) is 3.24. The summed E-state index contributed by atoms with van der Waals surface area (Å²) in [6.45, 7) is 2.29. The quantitative estimate of drug-likeness (QED) is 0.772. The van der Waals surface area contributed by atoms with E-state index in [0.29, 0.717) is 6.61 Å². The second kappa shape index (κ2) is 4.65. The topological polar surface area (TPSA) is 64.4 Å². The van der Waals surface area contributed by atoms with Crippen LogP contribution in [0.5, 0.6) is 0 Å². The average Bonchev–Trinajstić information content (AvgIpc) is 2.64. The summed E-state index contributed by atoms with van der Waals surface area (Å²) in [5.41, 5.74) is 1.82. The lowest BCUT2D eigenvalue weighted by Crippen LogP contribution is -2.18. The molecule has 2 rings (SSSR count). The number of aliphatic hydroxyl groups is 1. The number of aliphatic hydroxyl groups excluding tert-OH is 1. The van der Waals surface area contributed by atoms with Crippen LogP contribution in [0.4, 0.5) is 0 Å². The highest BCUT2D eigenvalue weighted by Gasteiger charge is 2.23. The number of ether oxygens (including phenoxy) is 1. The number of carbonyl (C=O) groups excluding carboxylic acids is 1. The lowest BCUT2D eigenvalue weighted by molar-refractivity contribution is -0.144. The van der Waals surface area contributed by atoms with Crippen molar-refractivity contribution in [1.29, 1.82) is 0 Å². The summed E-state index contributed by atoms with van der Waals surface area (Å²) in [5, 5.41) is 13.9. The minimum Gasteiger partial charge on any atom is -0.465 e. The molecule has 5 heteroatoms. The molecule has 1 aliphatic carbocycles. The zero-order valence-electron chi connectivity index (χ0n) is 9.35. The van der Waals surface area contributed by atoms with E-state index in [2.05, 4.69) is 5.10 Å². The molecular formula is C11H16N2O3. The summed E-state index contributed by atoms with van der Waals surface area (Å²) in [7, 11) is 0. The molecule has 0 saturated carbocycles. The van der Waals surface area contributed by atoms with Crippen molar-refractivity contribution in [3.63, 3.8) is 0 Å². The predicted molar refractivity (Wildman–Crippen MR) is 56.8 cm³/mol. The lowest BCUT2D eigenvalue weighted by atomic mass is 9.95. The van der Waals surface area contributed by atoms with Crippen LogP contribution in [-0.2, 0) is 22.5 Å². The predicted octanol–water partition coefficient (Wildman–Crippen LogP) is 0.816. The van der Waals surface area contributed by atoms with Gasteiger partial charge in [-0.1, -0.05) is 0 Å². The second-order valence-electron chi connectivity index (χ2n) is 3.92. The zero-order valence-corrected chi connectivity index (χ0v) is 9.35. The first-order chi connectivity index (χ1) is 7.72. The molecule has 0 radical (unpaired) electrons. The SMILES string of the molecule is CCOC(=O)Cn1ncc2c1CCCC2O. The number of aromatic nitrogens is 2. The van der Waals surface area contributed by atoms with E-state index in [-0.39, 0.29) is 12.5 Å². The minimum absolute atomic E-state index is 0.135. The second-order valence-corrected chi connectivity index (χ2v) is 3.92. The molecule has 16 heavy (non-hydrogen) atoms. The fourth-order valence-corrected chi connectivity index (χ4v) is 2.06. The monoisotopic (exact) mass is 224 g/mol. The van der Waals surface area contributed by atoms with Gasteiger partial charge in [-0.15, -0.1) is 0 Å². The Labute approximate surface area is 94.0 Å². The fraction of sp³-hybridized carbons (Fsp3) is 0.636. The maximum absolute atomic E-state index is 11.3. The van der Waals surface area contributed by atoms with Gasteiger partial charge in [0, 0.05) is 11.3 Å². The van der Waals surface area contributed by atoms with E-state index in [1.807, 2.05) is 0 Å². The Morgan fingerprint density at radius 1 is 1.75 bits per heavy atom. The Balaban J connectivity index is 2.14. The first kappa shape index (κ1) is 11.1. The highest BCUT2D eigenvalue weighted by Crippen LogP contribution is 2.29. The molecule has 5 nitrogen and oxygen atoms in total. The molecule has 1 atom stereocenters. The van der Waals surface area contributed by atoms with Crippen molar-refractivity contribution < 1.29 is 14.6 Å². The van der Waals surface area contributed by atoms with Crippen LogP contribution in [0.2, 0.25) is 0 Å². The van der Waals surface area contributed by atoms with Crippen molar-refractivity contribution in [2.24, 2.45) is 0 Å². The largest absolute Gasteiger partial charge is 0.465 e. The van der Waals surface area contributed by atoms with E-state index >= 15 is 0 Å². The Bertz CT molecular complexity index is 387. The van der Waals surface area contributed by atoms with Gasteiger partial charge in [-0.25, -0.2) is 0 Å². The summed E-state index contributed by atoms with van der Waals surface area (Å²) in [6.07, 6.45) is 3.80. The molecule has 0 bridgehead atoms. The van der Waals surface area contributed by atoms with Gasteiger partial charge in [0.2, 0.25) is 0 Å². The third-order valence-electron chi connectivity index (χ3n) is 2.82. The number of nitrogens with zero attached hydrogens (tertiary/aromatic N) is 2. The normalized spacial score (nSPS) is 19.2. The van der Waals surface area contributed by atoms with Crippen LogP contribution < -0.4 is 0 Å². The van der Waals surface area contributed by atoms with Crippen LogP contribution in [0, 0.1) is 0 Å². The average molecular weight is 224 g/mol. The molecule has 88 valence electrons. The molecule has 1 aliphatic rings. The molecule has 0 saturated heterocycles. The van der Waals surface area contributed by atoms with Gasteiger partial charge >= 0.3 is 5.97 Å². The number of fused-ring (bicyclic) bond motifs is 1. The van der Waals surface area contributed by atoms with Gasteiger partial charge in [-0.2, -0.15) is 5.10 Å². The van der Waals surface area contributed by atoms with Crippen molar-refractivity contribution >= 4 is 5.97 Å². The van der Waals surface area contributed by atoms with Gasteiger partial charge in [-0.05, 0) is 26.2 Å². The molecule has 1 aromatic heterocycles. The molecule has 1 unspecified atom stereocenters. The van der Waals surface area contributed by atoms with Crippen molar-refractivity contribution in [2.75, 3.05) is 6.61 Å². The summed E-state index contributed by atoms with van der Waals surface area (Å²) in [4.78, 5) is 11.3. The molecule has 1 heterocycles. The summed E-state index contributed by atoms with van der Waals surface area (Å²) in [5.74, 6) is -0.284. The summed E-state index contributed by atoms with van der Waals surface area (Å²) >= 11 is 0. The van der Waals surface area contributed by atoms with Crippen LogP contribution in [0.1, 0.15) is 37.1 Å². The standard InChI is InChI=1S/C11H16N2O3/c1-2-16-11(15)7-13-9-4-3-5-10(14)8(9)6-12-13/h6,10,14H,2-5,7H2,1H3. The van der Waals surface area contributed by atoms with Crippen LogP contribution in [0.3, 0.4) is 0 Å². The highest BCUT2D eigenvalue weighted by atomic mass is 16.5. The van der Waals surface area contributed by atoms with E-state index in [9.17, 15) is 9.90 Å². The molecule has 0 amide bonds. The maximum atomic E-state index is 11.3. The maximum Gasteiger partial charge on any atom is 0.327 e. The number of hydrogen-bond acceptors (Lipinski definition) is 4. The van der Waals surface area contributed by atoms with Gasteiger partial charge in [-0.3, -0.25) is 9.48 Å². The van der Waals surface area contributed by atoms with Crippen LogP contribution in [-0.4, -0.2) is 27.5 Å². The molecule has 0 aromatic carbocycles. The molecular weight excluding hydrogens is 208 g/mol. The van der Waals surface area contributed by atoms with Crippen molar-refractivity contribution in [3.8, 4) is 0 Å². The first-order valence-electron chi connectivity index (χ1n) is 5.60. The van der Waals surface area contributed by atoms with E-state index < -0.39 is 6.10 Å². The van der Waals surface area contributed by atoms with E-state index in [1.54, 1.807) is 17.8 Å². The Morgan fingerprint density at radius 2 is 2.56 bits per heavy atom. The number of rotatable bonds is 3. The van der Waals surface area contributed by atoms with Crippen molar-refractivity contribution in [2.45, 2.75) is 38.8 Å². The summed E-state index contributed by atoms with van der Waals surface area (Å²) < 4.78 is 6.51. The molecule has 0 fully saturated rings. The Hall–Kier alpha value is -1.36. The van der Waals surface area contributed by atoms with E-state index in [1.165, 1.54) is 0 Å². The van der Waals surface area contributed by atoms with Gasteiger partial charge in [0.1, 0.15) is 6.54 Å². The molecule has 1 N–H and O–H groups in total. The van der Waals surface area contributed by atoms with Gasteiger partial charge in [0.05, 0.1) is 18.9 Å². The van der Waals surface area contributed by atoms with Crippen LogP contribution in [0.15, 0.2) is 6.20 Å². The summed E-state index contributed by atoms with van der Waals surface area (Å²) in [6, 6.07) is 0. The number of hydrogen-bond donors (Lipinski definition) is 1. The van der Waals surface area contributed by atoms with Gasteiger partial charge < -0.3 is 9.84 Å². The highest BCUT2D eigenvalue weighted by molar-refractivity contribution is 5.69. The third kappa shape index (κ3) is 2.09.